The number of carbonyl (C=O) groups excluding carboxylic acids is 1. The highest BCUT2D eigenvalue weighted by Gasteiger charge is 2.41. The van der Waals surface area contributed by atoms with E-state index < -0.39 is 24.8 Å². The van der Waals surface area contributed by atoms with Crippen LogP contribution in [0, 0.1) is 0 Å². The minimum absolute atomic E-state index is 0.105. The Kier molecular flexibility index (Phi) is 3.95. The topological polar surface area (TPSA) is 72.6 Å². The Bertz CT molecular complexity index is 389. The lowest BCUT2D eigenvalue weighted by Crippen LogP contribution is -2.37. The van der Waals surface area contributed by atoms with Crippen LogP contribution >= 0.6 is 0 Å². The van der Waals surface area contributed by atoms with Crippen LogP contribution in [0.4, 0.5) is 13.2 Å². The fourth-order valence-electron chi connectivity index (χ4n) is 1.07. The van der Waals surface area contributed by atoms with Crippen molar-refractivity contribution in [3.05, 3.63) is 29.8 Å². The summed E-state index contributed by atoms with van der Waals surface area (Å²) in [4.78, 5) is 10.7. The lowest BCUT2D eigenvalue weighted by molar-refractivity contribution is -0.204. The third-order valence-corrected chi connectivity index (χ3v) is 1.95. The molecule has 0 aliphatic rings. The second-order valence-electron chi connectivity index (χ2n) is 3.22. The molecule has 0 fully saturated rings. The van der Waals surface area contributed by atoms with Gasteiger partial charge in [0.2, 0.25) is 12.0 Å². The van der Waals surface area contributed by atoms with Crippen LogP contribution in [-0.2, 0) is 0 Å². The molecule has 0 saturated carbocycles. The van der Waals surface area contributed by atoms with Crippen molar-refractivity contribution in [1.82, 2.24) is 0 Å². The molecule has 7 heteroatoms. The summed E-state index contributed by atoms with van der Waals surface area (Å²) in [5.74, 6) is -0.794. The van der Waals surface area contributed by atoms with Gasteiger partial charge in [-0.3, -0.25) is 4.79 Å². The van der Waals surface area contributed by atoms with Gasteiger partial charge in [0, 0.05) is 5.56 Å². The van der Waals surface area contributed by atoms with Gasteiger partial charge in [0.1, 0.15) is 5.75 Å². The molecule has 1 rings (SSSR count). The monoisotopic (exact) mass is 249 g/mol. The number of hydrogen-bond donors (Lipinski definition) is 2. The van der Waals surface area contributed by atoms with Crippen molar-refractivity contribution in [1.29, 1.82) is 0 Å². The lowest BCUT2D eigenvalue weighted by Gasteiger charge is -2.19. The van der Waals surface area contributed by atoms with E-state index in [9.17, 15) is 18.0 Å². The van der Waals surface area contributed by atoms with Gasteiger partial charge in [-0.25, -0.2) is 0 Å². The molecule has 1 aromatic carbocycles. The third kappa shape index (κ3) is 3.63. The Balaban J connectivity index is 2.78. The Morgan fingerprint density at radius 1 is 1.35 bits per heavy atom. The van der Waals surface area contributed by atoms with Crippen LogP contribution < -0.4 is 10.5 Å². The first-order valence-electron chi connectivity index (χ1n) is 4.58. The first-order valence-corrected chi connectivity index (χ1v) is 4.58. The van der Waals surface area contributed by atoms with Gasteiger partial charge in [-0.2, -0.15) is 13.2 Å². The van der Waals surface area contributed by atoms with Gasteiger partial charge in [0.25, 0.3) is 0 Å². The minimum Gasteiger partial charge on any atom is -0.478 e. The van der Waals surface area contributed by atoms with E-state index in [1.807, 2.05) is 0 Å². The summed E-state index contributed by atoms with van der Waals surface area (Å²) in [5, 5.41) is 8.55. The second-order valence-corrected chi connectivity index (χ2v) is 3.22. The number of nitrogens with two attached hydrogens (primary N) is 1. The fraction of sp³-hybridized carbons (Fsp3) is 0.300. The Hall–Kier alpha value is -1.76. The molecule has 0 bridgehead atoms. The number of amides is 1. The Morgan fingerprint density at radius 3 is 2.24 bits per heavy atom. The third-order valence-electron chi connectivity index (χ3n) is 1.95. The number of benzene rings is 1. The highest BCUT2D eigenvalue weighted by molar-refractivity contribution is 5.92. The summed E-state index contributed by atoms with van der Waals surface area (Å²) in [6, 6.07) is 4.83. The highest BCUT2D eigenvalue weighted by atomic mass is 19.4. The first kappa shape index (κ1) is 13.3. The average Bonchev–Trinajstić information content (AvgIpc) is 2.24. The lowest BCUT2D eigenvalue weighted by atomic mass is 10.2. The minimum atomic E-state index is -4.66. The largest absolute Gasteiger partial charge is 0.478 e. The van der Waals surface area contributed by atoms with Gasteiger partial charge in [0.05, 0.1) is 6.61 Å². The van der Waals surface area contributed by atoms with E-state index in [0.29, 0.717) is 0 Å². The molecule has 0 saturated heterocycles. The van der Waals surface area contributed by atoms with E-state index >= 15 is 0 Å². The number of halogens is 3. The molecule has 0 aliphatic carbocycles. The van der Waals surface area contributed by atoms with E-state index in [0.717, 1.165) is 0 Å². The number of alkyl halides is 3. The van der Waals surface area contributed by atoms with Crippen molar-refractivity contribution in [2.24, 2.45) is 5.73 Å². The highest BCUT2D eigenvalue weighted by Crippen LogP contribution is 2.25. The predicted molar refractivity (Wildman–Crippen MR) is 52.5 cm³/mol. The quantitative estimate of drug-likeness (QED) is 0.838. The number of aliphatic hydroxyl groups is 1. The number of carbonyl (C=O) groups is 1. The predicted octanol–water partition coefficient (Wildman–Crippen LogP) is 1.09. The molecule has 1 amide bonds. The maximum absolute atomic E-state index is 12.3. The smallest absolute Gasteiger partial charge is 0.427 e. The number of rotatable bonds is 4. The molecule has 3 N–H and O–H groups in total. The van der Waals surface area contributed by atoms with Crippen LogP contribution in [0.5, 0.6) is 5.75 Å². The van der Waals surface area contributed by atoms with Crippen molar-refractivity contribution < 1.29 is 27.8 Å². The van der Waals surface area contributed by atoms with Gasteiger partial charge < -0.3 is 15.6 Å². The van der Waals surface area contributed by atoms with E-state index in [-0.39, 0.29) is 11.3 Å². The Morgan fingerprint density at radius 2 is 1.88 bits per heavy atom. The maximum atomic E-state index is 12.3. The van der Waals surface area contributed by atoms with Crippen molar-refractivity contribution in [2.45, 2.75) is 12.3 Å². The zero-order valence-corrected chi connectivity index (χ0v) is 8.57. The molecule has 94 valence electrons. The van der Waals surface area contributed by atoms with E-state index in [1.165, 1.54) is 24.3 Å². The molecule has 0 heterocycles. The van der Waals surface area contributed by atoms with Gasteiger partial charge in [-0.15, -0.1) is 0 Å². The molecule has 1 atom stereocenters. The van der Waals surface area contributed by atoms with E-state index in [2.05, 4.69) is 4.74 Å². The number of ether oxygens (including phenoxy) is 1. The van der Waals surface area contributed by atoms with Crippen molar-refractivity contribution in [2.75, 3.05) is 6.61 Å². The number of primary amides is 1. The second kappa shape index (κ2) is 5.05. The maximum Gasteiger partial charge on any atom is 0.427 e. The molecule has 0 spiro atoms. The van der Waals surface area contributed by atoms with Gasteiger partial charge in [-0.1, -0.05) is 0 Å². The van der Waals surface area contributed by atoms with Gasteiger partial charge >= 0.3 is 6.18 Å². The Labute approximate surface area is 94.8 Å². The van der Waals surface area contributed by atoms with Crippen LogP contribution in [0.1, 0.15) is 10.4 Å². The SMILES string of the molecule is NC(=O)c1ccc(OC(CO)C(F)(F)F)cc1. The molecular weight excluding hydrogens is 239 g/mol. The fourth-order valence-corrected chi connectivity index (χ4v) is 1.07. The van der Waals surface area contributed by atoms with Crippen LogP contribution in [0.3, 0.4) is 0 Å². The molecular formula is C10H10F3NO3. The van der Waals surface area contributed by atoms with Crippen molar-refractivity contribution in [3.63, 3.8) is 0 Å². The molecule has 0 aromatic heterocycles. The molecule has 0 aliphatic heterocycles. The van der Waals surface area contributed by atoms with Crippen LogP contribution in [0.2, 0.25) is 0 Å². The molecule has 1 aromatic rings. The van der Waals surface area contributed by atoms with Crippen LogP contribution in [-0.4, -0.2) is 29.9 Å². The number of hydrogen-bond acceptors (Lipinski definition) is 3. The van der Waals surface area contributed by atoms with Gasteiger partial charge in [0.15, 0.2) is 0 Å². The summed E-state index contributed by atoms with van der Waals surface area (Å²) in [5.41, 5.74) is 5.12. The van der Waals surface area contributed by atoms with E-state index in [1.54, 1.807) is 0 Å². The van der Waals surface area contributed by atoms with Gasteiger partial charge in [-0.05, 0) is 24.3 Å². The summed E-state index contributed by atoms with van der Waals surface area (Å²) < 4.78 is 41.3. The first-order chi connectivity index (χ1) is 7.84. The molecule has 4 nitrogen and oxygen atoms in total. The summed E-state index contributed by atoms with van der Waals surface area (Å²) in [6.45, 7) is -1.18. The van der Waals surface area contributed by atoms with Crippen LogP contribution in [0.15, 0.2) is 24.3 Å². The zero-order chi connectivity index (χ0) is 13.1. The number of aliphatic hydroxyl groups excluding tert-OH is 1. The van der Waals surface area contributed by atoms with Crippen molar-refractivity contribution >= 4 is 5.91 Å². The summed E-state index contributed by atoms with van der Waals surface area (Å²) in [7, 11) is 0. The van der Waals surface area contributed by atoms with E-state index in [4.69, 9.17) is 10.8 Å². The average molecular weight is 249 g/mol. The van der Waals surface area contributed by atoms with Crippen molar-refractivity contribution in [3.8, 4) is 5.75 Å². The molecule has 17 heavy (non-hydrogen) atoms. The summed E-state index contributed by atoms with van der Waals surface area (Å²) in [6.07, 6.45) is -6.95. The summed E-state index contributed by atoms with van der Waals surface area (Å²) >= 11 is 0. The zero-order valence-electron chi connectivity index (χ0n) is 8.57. The normalized spacial score (nSPS) is 13.2. The van der Waals surface area contributed by atoms with Crippen LogP contribution in [0.25, 0.3) is 0 Å². The standard InChI is InChI=1S/C10H10F3NO3/c11-10(12,13)8(5-15)17-7-3-1-6(2-4-7)9(14)16/h1-4,8,15H,5H2,(H2,14,16). The molecule has 0 radical (unpaired) electrons. The molecule has 1 unspecified atom stereocenters.